The van der Waals surface area contributed by atoms with Crippen LogP contribution in [-0.2, 0) is 18.7 Å². The average molecular weight is 660 g/mol. The summed E-state index contributed by atoms with van der Waals surface area (Å²) in [6, 6.07) is 0. The fourth-order valence-corrected chi connectivity index (χ4v) is 6.99. The molecule has 0 aliphatic carbocycles. The molecule has 0 fully saturated rings. The lowest BCUT2D eigenvalue weighted by Crippen LogP contribution is -2.60. The summed E-state index contributed by atoms with van der Waals surface area (Å²) < 4.78 is 17.2. The molecule has 0 amide bonds. The number of Topliss-reactive ketones (excluding diaryl/α,β-unsaturated/α-hetero) is 2. The van der Waals surface area contributed by atoms with Gasteiger partial charge in [-0.1, -0.05) is 168 Å². The van der Waals surface area contributed by atoms with Gasteiger partial charge in [-0.15, -0.1) is 0 Å². The number of nitrogens with zero attached hydrogens (tertiary/aromatic N) is 1. The highest BCUT2D eigenvalue weighted by atomic mass is 31.2. The third-order valence-corrected chi connectivity index (χ3v) is 9.43. The zero-order valence-electron chi connectivity index (χ0n) is 30.4. The molecule has 45 heavy (non-hydrogen) atoms. The van der Waals surface area contributed by atoms with Gasteiger partial charge in [0.2, 0.25) is 5.60 Å². The third-order valence-electron chi connectivity index (χ3n) is 8.88. The van der Waals surface area contributed by atoms with Gasteiger partial charge >= 0.3 is 0 Å². The van der Waals surface area contributed by atoms with Gasteiger partial charge in [0.25, 0.3) is 7.82 Å². The van der Waals surface area contributed by atoms with Gasteiger partial charge in [0.05, 0.1) is 21.1 Å². The number of phosphoric ester groups is 1. The molecule has 0 heterocycles. The van der Waals surface area contributed by atoms with E-state index >= 15 is 0 Å². The second-order valence-electron chi connectivity index (χ2n) is 14.7. The normalized spacial score (nSPS) is 13.7. The molecule has 0 aromatic rings. The van der Waals surface area contributed by atoms with Gasteiger partial charge in [0, 0.05) is 12.8 Å². The van der Waals surface area contributed by atoms with Crippen LogP contribution in [0.5, 0.6) is 0 Å². The molecule has 0 aromatic heterocycles. The molecule has 0 aliphatic heterocycles. The molecule has 268 valence electrons. The Hall–Kier alpha value is -0.590. The topological polar surface area (TPSA) is 104 Å². The lowest BCUT2D eigenvalue weighted by atomic mass is 9.86. The second-order valence-corrected chi connectivity index (χ2v) is 15.8. The standard InChI is InChI=1S/C37H74NO6P/c1-6-8-10-12-14-16-18-20-22-24-26-28-30-32-35(39)37(34-38(3,4)5,44-45(41,42)43)36(40)33-31-29-27-25-23-21-19-17-15-13-11-9-7-2/h6-34H2,1-5H3,(H-,41,42,43). The minimum atomic E-state index is -5.33. The molecule has 7 nitrogen and oxygen atoms in total. The van der Waals surface area contributed by atoms with Crippen LogP contribution in [0.3, 0.4) is 0 Å². The molecule has 0 spiro atoms. The molecule has 8 heteroatoms. The second kappa shape index (κ2) is 27.4. The van der Waals surface area contributed by atoms with Crippen molar-refractivity contribution in [3.63, 3.8) is 0 Å². The monoisotopic (exact) mass is 660 g/mol. The molecule has 0 saturated heterocycles. The van der Waals surface area contributed by atoms with Crippen molar-refractivity contribution >= 4 is 19.4 Å². The maximum atomic E-state index is 13.6. The summed E-state index contributed by atoms with van der Waals surface area (Å²) in [7, 11) is 0.0554. The number of ketones is 2. The van der Waals surface area contributed by atoms with Crippen molar-refractivity contribution in [3.8, 4) is 0 Å². The first-order valence-electron chi connectivity index (χ1n) is 19.0. The van der Waals surface area contributed by atoms with Crippen LogP contribution in [-0.4, -0.2) is 54.2 Å². The summed E-state index contributed by atoms with van der Waals surface area (Å²) in [5.41, 5.74) is -2.17. The molecule has 0 bridgehead atoms. The lowest BCUT2D eigenvalue weighted by Gasteiger charge is -2.39. The van der Waals surface area contributed by atoms with Gasteiger partial charge in [-0.05, 0) is 12.8 Å². The first kappa shape index (κ1) is 44.4. The first-order chi connectivity index (χ1) is 21.4. The highest BCUT2D eigenvalue weighted by molar-refractivity contribution is 7.44. The van der Waals surface area contributed by atoms with E-state index in [1.54, 1.807) is 21.1 Å². The van der Waals surface area contributed by atoms with E-state index < -0.39 is 25.0 Å². The average Bonchev–Trinajstić information content (AvgIpc) is 2.95. The smallest absolute Gasteiger partial charge is 0.266 e. The van der Waals surface area contributed by atoms with Crippen molar-refractivity contribution in [1.29, 1.82) is 0 Å². The Kier molecular flexibility index (Phi) is 27.0. The SMILES string of the molecule is CCCCCCCCCCCCCCCC(=O)C(C[N+](C)(C)C)(OP(=O)([O-])O)C(=O)CCCCCCCCCCCCCCC. The number of unbranched alkanes of at least 4 members (excludes halogenated alkanes) is 24. The molecular weight excluding hydrogens is 585 g/mol. The summed E-state index contributed by atoms with van der Waals surface area (Å²) in [5.74, 6) is -1.05. The predicted octanol–water partition coefficient (Wildman–Crippen LogP) is 10.0. The number of carbonyl (C=O) groups is 2. The number of hydrogen-bond acceptors (Lipinski definition) is 5. The van der Waals surface area contributed by atoms with E-state index in [9.17, 15) is 23.9 Å². The highest BCUT2D eigenvalue weighted by Gasteiger charge is 2.51. The number of hydrogen-bond donors (Lipinski definition) is 1. The zero-order chi connectivity index (χ0) is 33.9. The summed E-state index contributed by atoms with van der Waals surface area (Å²) in [4.78, 5) is 48.8. The fourth-order valence-electron chi connectivity index (χ4n) is 6.34. The summed E-state index contributed by atoms with van der Waals surface area (Å²) in [6.07, 6.45) is 30.7. The lowest BCUT2D eigenvalue weighted by molar-refractivity contribution is -0.874. The number of likely N-dealkylation sites (N-methyl/N-ethyl adjacent to an activating group) is 1. The molecule has 1 N–H and O–H groups in total. The minimum absolute atomic E-state index is 0.0715. The summed E-state index contributed by atoms with van der Waals surface area (Å²) >= 11 is 0. The molecule has 1 unspecified atom stereocenters. The minimum Gasteiger partial charge on any atom is -0.756 e. The Labute approximate surface area is 278 Å². The molecule has 0 aromatic carbocycles. The van der Waals surface area contributed by atoms with Gasteiger partial charge in [-0.3, -0.25) is 18.7 Å². The fraction of sp³-hybridized carbons (Fsp3) is 0.946. The Morgan fingerprint density at radius 2 is 0.800 bits per heavy atom. The van der Waals surface area contributed by atoms with E-state index in [0.29, 0.717) is 12.8 Å². The van der Waals surface area contributed by atoms with Crippen molar-refractivity contribution in [1.82, 2.24) is 0 Å². The quantitative estimate of drug-likeness (QED) is 0.0319. The largest absolute Gasteiger partial charge is 0.756 e. The van der Waals surface area contributed by atoms with Crippen LogP contribution in [0.1, 0.15) is 194 Å². The molecule has 0 radical (unpaired) electrons. The van der Waals surface area contributed by atoms with Crippen LogP contribution in [0, 0.1) is 0 Å². The molecular formula is C37H74NO6P. The Morgan fingerprint density at radius 1 is 0.556 bits per heavy atom. The van der Waals surface area contributed by atoms with Crippen molar-refractivity contribution in [2.75, 3.05) is 27.7 Å². The van der Waals surface area contributed by atoms with Crippen LogP contribution in [0.2, 0.25) is 0 Å². The maximum Gasteiger partial charge on any atom is 0.266 e. The van der Waals surface area contributed by atoms with Crippen LogP contribution < -0.4 is 4.89 Å². The molecule has 0 aliphatic rings. The summed E-state index contributed by atoms with van der Waals surface area (Å²) in [6.45, 7) is 4.35. The zero-order valence-corrected chi connectivity index (χ0v) is 31.3. The number of carbonyl (C=O) groups excluding carboxylic acids is 2. The maximum absolute atomic E-state index is 13.6. The Balaban J connectivity index is 4.65. The Bertz CT molecular complexity index is 733. The Morgan fingerprint density at radius 3 is 1.02 bits per heavy atom. The van der Waals surface area contributed by atoms with Gasteiger partial charge in [-0.2, -0.15) is 0 Å². The van der Waals surface area contributed by atoms with Crippen LogP contribution in [0.15, 0.2) is 0 Å². The van der Waals surface area contributed by atoms with Crippen LogP contribution in [0.4, 0.5) is 0 Å². The van der Waals surface area contributed by atoms with Gasteiger partial charge in [0.15, 0.2) is 11.6 Å². The van der Waals surface area contributed by atoms with Crippen molar-refractivity contribution in [3.05, 3.63) is 0 Å². The van der Waals surface area contributed by atoms with E-state index in [1.165, 1.54) is 116 Å². The first-order valence-corrected chi connectivity index (χ1v) is 20.5. The van der Waals surface area contributed by atoms with Gasteiger partial charge < -0.3 is 14.3 Å². The van der Waals surface area contributed by atoms with E-state index in [0.717, 1.165) is 38.5 Å². The van der Waals surface area contributed by atoms with Crippen LogP contribution in [0.25, 0.3) is 0 Å². The number of rotatable bonds is 34. The van der Waals surface area contributed by atoms with Gasteiger partial charge in [0.1, 0.15) is 6.54 Å². The van der Waals surface area contributed by atoms with Gasteiger partial charge in [-0.25, -0.2) is 0 Å². The van der Waals surface area contributed by atoms with E-state index in [1.807, 2.05) is 0 Å². The summed E-state index contributed by atoms with van der Waals surface area (Å²) in [5, 5.41) is 0. The van der Waals surface area contributed by atoms with Crippen molar-refractivity contribution in [2.45, 2.75) is 199 Å². The van der Waals surface area contributed by atoms with E-state index in [-0.39, 0.29) is 23.9 Å². The van der Waals surface area contributed by atoms with Crippen LogP contribution >= 0.6 is 7.82 Å². The van der Waals surface area contributed by atoms with Crippen molar-refractivity contribution in [2.24, 2.45) is 0 Å². The highest BCUT2D eigenvalue weighted by Crippen LogP contribution is 2.40. The third kappa shape index (κ3) is 26.1. The van der Waals surface area contributed by atoms with E-state index in [2.05, 4.69) is 13.8 Å². The molecule has 1 atom stereocenters. The molecule has 0 rings (SSSR count). The number of phosphoric acid groups is 1. The number of quaternary nitrogens is 1. The van der Waals surface area contributed by atoms with E-state index in [4.69, 9.17) is 4.52 Å². The van der Waals surface area contributed by atoms with Crippen molar-refractivity contribution < 1.29 is 32.9 Å². The predicted molar refractivity (Wildman–Crippen MR) is 187 cm³/mol. The molecule has 0 saturated carbocycles.